The zero-order valence-electron chi connectivity index (χ0n) is 17.8. The van der Waals surface area contributed by atoms with Gasteiger partial charge in [-0.2, -0.15) is 0 Å². The number of hydrogen-bond donors (Lipinski definition) is 3. The van der Waals surface area contributed by atoms with Crippen molar-refractivity contribution in [2.24, 2.45) is 0 Å². The predicted octanol–water partition coefficient (Wildman–Crippen LogP) is 4.84. The van der Waals surface area contributed by atoms with Crippen molar-refractivity contribution in [3.63, 3.8) is 0 Å². The van der Waals surface area contributed by atoms with Crippen LogP contribution in [-0.2, 0) is 16.1 Å². The summed E-state index contributed by atoms with van der Waals surface area (Å²) in [6, 6.07) is 11.1. The molecule has 0 spiro atoms. The lowest BCUT2D eigenvalue weighted by Crippen LogP contribution is -2.34. The summed E-state index contributed by atoms with van der Waals surface area (Å²) in [6.45, 7) is 8.33. The molecule has 1 unspecified atom stereocenters. The van der Waals surface area contributed by atoms with Gasteiger partial charge in [0.05, 0.1) is 12.8 Å². The second kappa shape index (κ2) is 10.8. The van der Waals surface area contributed by atoms with E-state index in [-0.39, 0.29) is 0 Å². The van der Waals surface area contributed by atoms with E-state index in [0.29, 0.717) is 29.4 Å². The molecule has 0 aliphatic carbocycles. The van der Waals surface area contributed by atoms with Gasteiger partial charge in [0.25, 0.3) is 0 Å². The Morgan fingerprint density at radius 3 is 2.53 bits per heavy atom. The number of hydrogen-bond acceptors (Lipinski definition) is 6. The number of anilines is 2. The lowest BCUT2D eigenvalue weighted by atomic mass is 10.2. The van der Waals surface area contributed by atoms with Gasteiger partial charge in [-0.1, -0.05) is 22.0 Å². The zero-order valence-corrected chi connectivity index (χ0v) is 20.2. The van der Waals surface area contributed by atoms with Gasteiger partial charge in [-0.25, -0.2) is 9.52 Å². The molecule has 1 atom stereocenters. The van der Waals surface area contributed by atoms with E-state index in [2.05, 4.69) is 31.3 Å². The Morgan fingerprint density at radius 2 is 1.87 bits per heavy atom. The number of nitrogens with one attached hydrogen (secondary N) is 3. The van der Waals surface area contributed by atoms with E-state index in [4.69, 9.17) is 9.47 Å². The van der Waals surface area contributed by atoms with Gasteiger partial charge in [-0.3, -0.25) is 0 Å². The average molecular weight is 498 g/mol. The van der Waals surface area contributed by atoms with Gasteiger partial charge >= 0.3 is 6.09 Å². The van der Waals surface area contributed by atoms with Crippen molar-refractivity contribution >= 4 is 44.8 Å². The largest absolute Gasteiger partial charge is 0.588 e. The standard InChI is InChI=1S/C21H28BrN3O4S/c1-14-11-18(28-5)19(13-17(14)22)30(27)25-16-8-6-7-15(12-16)23-9-10-24-20(26)29-21(2,3)4/h6-8,11-13,23,25H,9-10H2,1-5H3,(H,24,26). The maximum Gasteiger partial charge on any atom is 0.407 e. The van der Waals surface area contributed by atoms with Crippen molar-refractivity contribution in [3.05, 3.63) is 46.4 Å². The van der Waals surface area contributed by atoms with Gasteiger partial charge in [-0.05, 0) is 57.5 Å². The molecule has 0 saturated heterocycles. The Balaban J connectivity index is 1.93. The lowest BCUT2D eigenvalue weighted by molar-refractivity contribution is 0.0530. The van der Waals surface area contributed by atoms with Crippen molar-refractivity contribution in [2.75, 3.05) is 30.2 Å². The fraction of sp³-hybridized carbons (Fsp3) is 0.381. The summed E-state index contributed by atoms with van der Waals surface area (Å²) < 4.78 is 27.3. The monoisotopic (exact) mass is 497 g/mol. The third-order valence-corrected chi connectivity index (χ3v) is 5.83. The van der Waals surface area contributed by atoms with E-state index in [0.717, 1.165) is 15.7 Å². The van der Waals surface area contributed by atoms with Gasteiger partial charge < -0.3 is 24.7 Å². The summed E-state index contributed by atoms with van der Waals surface area (Å²) in [5.74, 6) is 0.559. The molecule has 1 amide bonds. The molecule has 9 heteroatoms. The maximum atomic E-state index is 12.8. The summed E-state index contributed by atoms with van der Waals surface area (Å²) in [7, 11) is 1.55. The first-order valence-electron chi connectivity index (χ1n) is 9.42. The van der Waals surface area contributed by atoms with Crippen molar-refractivity contribution < 1.29 is 18.8 Å². The molecule has 3 N–H and O–H groups in total. The zero-order chi connectivity index (χ0) is 22.3. The quantitative estimate of drug-likeness (QED) is 0.356. The third-order valence-electron chi connectivity index (χ3n) is 3.84. The molecule has 0 aliphatic heterocycles. The topological polar surface area (TPSA) is 94.7 Å². The van der Waals surface area contributed by atoms with Crippen LogP contribution in [0.4, 0.5) is 16.2 Å². The number of halogens is 1. The van der Waals surface area contributed by atoms with Crippen molar-refractivity contribution in [3.8, 4) is 5.75 Å². The summed E-state index contributed by atoms with van der Waals surface area (Å²) >= 11 is 1.97. The van der Waals surface area contributed by atoms with Crippen LogP contribution in [0.2, 0.25) is 0 Å². The first-order valence-corrected chi connectivity index (χ1v) is 11.4. The van der Waals surface area contributed by atoms with Crippen LogP contribution in [0.5, 0.6) is 5.75 Å². The Morgan fingerprint density at radius 1 is 1.17 bits per heavy atom. The minimum atomic E-state index is -1.50. The van der Waals surface area contributed by atoms with Crippen molar-refractivity contribution in [1.29, 1.82) is 0 Å². The summed E-state index contributed by atoms with van der Waals surface area (Å²) in [6.07, 6.45) is -0.451. The molecule has 0 radical (unpaired) electrons. The molecule has 30 heavy (non-hydrogen) atoms. The van der Waals surface area contributed by atoms with Crippen molar-refractivity contribution in [1.82, 2.24) is 5.32 Å². The fourth-order valence-electron chi connectivity index (χ4n) is 2.48. The highest BCUT2D eigenvalue weighted by atomic mass is 79.9. The Labute approximate surface area is 189 Å². The van der Waals surface area contributed by atoms with E-state index in [1.807, 2.05) is 58.0 Å². The Bertz CT molecular complexity index is 874. The highest BCUT2D eigenvalue weighted by Gasteiger charge is 2.20. The number of rotatable bonds is 8. The van der Waals surface area contributed by atoms with Crippen LogP contribution in [0.1, 0.15) is 26.3 Å². The molecule has 0 aromatic heterocycles. The van der Waals surface area contributed by atoms with E-state index in [1.165, 1.54) is 0 Å². The minimum Gasteiger partial charge on any atom is -0.588 e. The third kappa shape index (κ3) is 7.62. The Hall–Kier alpha value is -2.10. The summed E-state index contributed by atoms with van der Waals surface area (Å²) in [5, 5.41) is 5.91. The fourth-order valence-corrected chi connectivity index (χ4v) is 3.98. The number of methoxy groups -OCH3 is 1. The van der Waals surface area contributed by atoms with Gasteiger partial charge in [0.2, 0.25) is 4.90 Å². The maximum absolute atomic E-state index is 12.8. The van der Waals surface area contributed by atoms with Crippen LogP contribution >= 0.6 is 15.9 Å². The van der Waals surface area contributed by atoms with Crippen LogP contribution in [-0.4, -0.2) is 36.4 Å². The molecular formula is C21H28BrN3O4S. The predicted molar refractivity (Wildman–Crippen MR) is 125 cm³/mol. The van der Waals surface area contributed by atoms with Gasteiger partial charge in [0.15, 0.2) is 5.75 Å². The van der Waals surface area contributed by atoms with E-state index in [9.17, 15) is 9.35 Å². The molecule has 2 aromatic carbocycles. The molecule has 164 valence electrons. The van der Waals surface area contributed by atoms with Crippen LogP contribution in [0, 0.1) is 6.92 Å². The number of ether oxygens (including phenoxy) is 2. The second-order valence-electron chi connectivity index (χ2n) is 7.56. The molecule has 0 aliphatic rings. The van der Waals surface area contributed by atoms with Crippen LogP contribution in [0.15, 0.2) is 45.8 Å². The molecule has 2 rings (SSSR count). The summed E-state index contributed by atoms with van der Waals surface area (Å²) in [5.41, 5.74) is 2.00. The summed E-state index contributed by atoms with van der Waals surface area (Å²) in [4.78, 5) is 12.2. The van der Waals surface area contributed by atoms with E-state index < -0.39 is 23.1 Å². The molecule has 0 heterocycles. The molecule has 7 nitrogen and oxygen atoms in total. The van der Waals surface area contributed by atoms with E-state index in [1.54, 1.807) is 13.2 Å². The van der Waals surface area contributed by atoms with Crippen LogP contribution < -0.4 is 20.1 Å². The van der Waals surface area contributed by atoms with Gasteiger partial charge in [0, 0.05) is 29.3 Å². The number of aryl methyl sites for hydroxylation is 1. The van der Waals surface area contributed by atoms with Crippen molar-refractivity contribution in [2.45, 2.75) is 38.2 Å². The molecule has 0 fully saturated rings. The van der Waals surface area contributed by atoms with Crippen LogP contribution in [0.3, 0.4) is 0 Å². The number of benzene rings is 2. The highest BCUT2D eigenvalue weighted by Crippen LogP contribution is 2.31. The average Bonchev–Trinajstić information content (AvgIpc) is 2.66. The van der Waals surface area contributed by atoms with Gasteiger partial charge in [0.1, 0.15) is 17.0 Å². The Kier molecular flexibility index (Phi) is 8.69. The smallest absolute Gasteiger partial charge is 0.407 e. The highest BCUT2D eigenvalue weighted by molar-refractivity contribution is 9.10. The first-order chi connectivity index (χ1) is 14.1. The minimum absolute atomic E-state index is 0.410. The number of carbonyl (C=O) groups is 1. The lowest BCUT2D eigenvalue weighted by Gasteiger charge is -2.19. The number of carbonyl (C=O) groups excluding carboxylic acids is 1. The number of alkyl carbamates (subject to hydrolysis) is 1. The number of amides is 1. The first kappa shape index (κ1) is 24.2. The molecule has 0 bridgehead atoms. The van der Waals surface area contributed by atoms with Gasteiger partial charge in [-0.15, -0.1) is 0 Å². The molecule has 0 saturated carbocycles. The second-order valence-corrected chi connectivity index (χ2v) is 9.60. The molecule has 2 aromatic rings. The normalized spacial score (nSPS) is 12.1. The van der Waals surface area contributed by atoms with Crippen LogP contribution in [0.25, 0.3) is 0 Å². The van der Waals surface area contributed by atoms with E-state index >= 15 is 0 Å². The molecular weight excluding hydrogens is 470 g/mol. The SMILES string of the molecule is COc1cc(C)c(Br)cc1[S+]([O-])Nc1cccc(NCCNC(=O)OC(C)(C)C)c1.